The summed E-state index contributed by atoms with van der Waals surface area (Å²) in [5.74, 6) is 0.728. The fourth-order valence-electron chi connectivity index (χ4n) is 2.77. The molecule has 3 N–H and O–H groups in total. The second-order valence-corrected chi connectivity index (χ2v) is 6.04. The maximum atomic E-state index is 12.0. The Kier molecular flexibility index (Phi) is 5.26. The SMILES string of the molecule is CN(CC(=O)Nc1ccc(Cl)c(N)c1)CC1CCCC1. The van der Waals surface area contributed by atoms with Crippen molar-refractivity contribution < 1.29 is 4.79 Å². The minimum atomic E-state index is -0.0211. The van der Waals surface area contributed by atoms with Crippen LogP contribution in [0.15, 0.2) is 18.2 Å². The molecule has 0 unspecified atom stereocenters. The topological polar surface area (TPSA) is 58.4 Å². The Labute approximate surface area is 125 Å². The van der Waals surface area contributed by atoms with Gasteiger partial charge in [0.25, 0.3) is 0 Å². The normalized spacial score (nSPS) is 15.8. The zero-order valence-electron chi connectivity index (χ0n) is 11.9. The van der Waals surface area contributed by atoms with Gasteiger partial charge in [-0.2, -0.15) is 0 Å². The van der Waals surface area contributed by atoms with Crippen molar-refractivity contribution in [3.63, 3.8) is 0 Å². The second kappa shape index (κ2) is 6.95. The Hall–Kier alpha value is -1.26. The molecule has 0 saturated heterocycles. The number of nitrogens with zero attached hydrogens (tertiary/aromatic N) is 1. The van der Waals surface area contributed by atoms with Crippen LogP contribution in [0.5, 0.6) is 0 Å². The van der Waals surface area contributed by atoms with Crippen molar-refractivity contribution in [1.29, 1.82) is 0 Å². The Balaban J connectivity index is 1.80. The van der Waals surface area contributed by atoms with Crippen LogP contribution < -0.4 is 11.1 Å². The van der Waals surface area contributed by atoms with E-state index < -0.39 is 0 Å². The van der Waals surface area contributed by atoms with Crippen molar-refractivity contribution in [1.82, 2.24) is 4.90 Å². The highest BCUT2D eigenvalue weighted by atomic mass is 35.5. The molecule has 1 amide bonds. The number of carbonyl (C=O) groups is 1. The van der Waals surface area contributed by atoms with Gasteiger partial charge in [0.2, 0.25) is 5.91 Å². The first-order valence-corrected chi connectivity index (χ1v) is 7.46. The molecule has 5 heteroatoms. The van der Waals surface area contributed by atoms with E-state index in [1.54, 1.807) is 18.2 Å². The summed E-state index contributed by atoms with van der Waals surface area (Å²) in [6.45, 7) is 1.40. The van der Waals surface area contributed by atoms with Crippen molar-refractivity contribution >= 4 is 28.9 Å². The first-order valence-electron chi connectivity index (χ1n) is 7.08. The lowest BCUT2D eigenvalue weighted by Crippen LogP contribution is -2.33. The molecule has 1 aromatic carbocycles. The van der Waals surface area contributed by atoms with Crippen LogP contribution in [0.2, 0.25) is 5.02 Å². The number of hydrogen-bond acceptors (Lipinski definition) is 3. The number of likely N-dealkylation sites (N-methyl/N-ethyl adjacent to an activating group) is 1. The summed E-state index contributed by atoms with van der Waals surface area (Å²) in [4.78, 5) is 14.1. The molecule has 0 aliphatic heterocycles. The average Bonchev–Trinajstić information content (AvgIpc) is 2.86. The van der Waals surface area contributed by atoms with Gasteiger partial charge in [0.15, 0.2) is 0 Å². The van der Waals surface area contributed by atoms with Crippen molar-refractivity contribution in [2.24, 2.45) is 5.92 Å². The quantitative estimate of drug-likeness (QED) is 0.821. The summed E-state index contributed by atoms with van der Waals surface area (Å²) in [5.41, 5.74) is 6.87. The molecule has 1 saturated carbocycles. The molecular weight excluding hydrogens is 274 g/mol. The smallest absolute Gasteiger partial charge is 0.238 e. The van der Waals surface area contributed by atoms with E-state index in [0.29, 0.717) is 22.9 Å². The molecule has 20 heavy (non-hydrogen) atoms. The zero-order valence-corrected chi connectivity index (χ0v) is 12.6. The lowest BCUT2D eigenvalue weighted by molar-refractivity contribution is -0.117. The maximum absolute atomic E-state index is 12.0. The van der Waals surface area contributed by atoms with E-state index in [-0.39, 0.29) is 5.91 Å². The molecule has 0 radical (unpaired) electrons. The van der Waals surface area contributed by atoms with Crippen LogP contribution in [0.1, 0.15) is 25.7 Å². The van der Waals surface area contributed by atoms with Gasteiger partial charge in [-0.05, 0) is 44.0 Å². The Morgan fingerprint density at radius 2 is 2.15 bits per heavy atom. The number of anilines is 2. The summed E-state index contributed by atoms with van der Waals surface area (Å²) in [6.07, 6.45) is 5.24. The monoisotopic (exact) mass is 295 g/mol. The lowest BCUT2D eigenvalue weighted by atomic mass is 10.1. The highest BCUT2D eigenvalue weighted by molar-refractivity contribution is 6.33. The van der Waals surface area contributed by atoms with Gasteiger partial charge in [0.05, 0.1) is 17.3 Å². The molecule has 110 valence electrons. The van der Waals surface area contributed by atoms with Gasteiger partial charge in [-0.25, -0.2) is 0 Å². The largest absolute Gasteiger partial charge is 0.397 e. The van der Waals surface area contributed by atoms with Crippen molar-refractivity contribution in [2.45, 2.75) is 25.7 Å². The molecular formula is C15H22ClN3O. The Morgan fingerprint density at radius 3 is 2.80 bits per heavy atom. The van der Waals surface area contributed by atoms with Crippen LogP contribution in [0, 0.1) is 5.92 Å². The van der Waals surface area contributed by atoms with E-state index >= 15 is 0 Å². The Morgan fingerprint density at radius 1 is 1.45 bits per heavy atom. The van der Waals surface area contributed by atoms with Gasteiger partial charge in [0.1, 0.15) is 0 Å². The fourth-order valence-corrected chi connectivity index (χ4v) is 2.88. The van der Waals surface area contributed by atoms with Gasteiger partial charge < -0.3 is 11.1 Å². The highest BCUT2D eigenvalue weighted by Crippen LogP contribution is 2.25. The molecule has 0 heterocycles. The molecule has 0 atom stereocenters. The molecule has 0 aromatic heterocycles. The number of hydrogen-bond donors (Lipinski definition) is 2. The van der Waals surface area contributed by atoms with E-state index in [0.717, 1.165) is 12.5 Å². The third-order valence-electron chi connectivity index (χ3n) is 3.74. The number of carbonyl (C=O) groups excluding carboxylic acids is 1. The van der Waals surface area contributed by atoms with E-state index in [4.69, 9.17) is 17.3 Å². The van der Waals surface area contributed by atoms with Crippen molar-refractivity contribution in [2.75, 3.05) is 31.2 Å². The van der Waals surface area contributed by atoms with Gasteiger partial charge in [-0.15, -0.1) is 0 Å². The third-order valence-corrected chi connectivity index (χ3v) is 4.08. The molecule has 1 fully saturated rings. The maximum Gasteiger partial charge on any atom is 0.238 e. The highest BCUT2D eigenvalue weighted by Gasteiger charge is 2.18. The first-order chi connectivity index (χ1) is 9.54. The predicted octanol–water partition coefficient (Wildman–Crippen LogP) is 2.98. The van der Waals surface area contributed by atoms with Gasteiger partial charge in [0, 0.05) is 12.2 Å². The summed E-state index contributed by atoms with van der Waals surface area (Å²) < 4.78 is 0. The molecule has 2 rings (SSSR count). The number of nitrogens with two attached hydrogens (primary N) is 1. The first kappa shape index (κ1) is 15.1. The van der Waals surface area contributed by atoms with E-state index in [1.165, 1.54) is 25.7 Å². The Bertz CT molecular complexity index is 472. The molecule has 4 nitrogen and oxygen atoms in total. The lowest BCUT2D eigenvalue weighted by Gasteiger charge is -2.20. The second-order valence-electron chi connectivity index (χ2n) is 5.63. The molecule has 1 aliphatic rings. The van der Waals surface area contributed by atoms with Gasteiger partial charge in [-0.1, -0.05) is 24.4 Å². The van der Waals surface area contributed by atoms with Crippen molar-refractivity contribution in [3.8, 4) is 0 Å². The summed E-state index contributed by atoms with van der Waals surface area (Å²) in [5, 5.41) is 3.35. The van der Waals surface area contributed by atoms with Crippen LogP contribution in [0.3, 0.4) is 0 Å². The van der Waals surface area contributed by atoms with Crippen LogP contribution in [-0.2, 0) is 4.79 Å². The van der Waals surface area contributed by atoms with Gasteiger partial charge >= 0.3 is 0 Å². The van der Waals surface area contributed by atoms with Crippen LogP contribution in [0.4, 0.5) is 11.4 Å². The summed E-state index contributed by atoms with van der Waals surface area (Å²) >= 11 is 5.85. The van der Waals surface area contributed by atoms with E-state index in [1.807, 2.05) is 7.05 Å². The number of nitrogens with one attached hydrogen (secondary N) is 1. The van der Waals surface area contributed by atoms with Gasteiger partial charge in [-0.3, -0.25) is 9.69 Å². The zero-order chi connectivity index (χ0) is 14.5. The number of benzene rings is 1. The fraction of sp³-hybridized carbons (Fsp3) is 0.533. The van der Waals surface area contributed by atoms with Crippen LogP contribution >= 0.6 is 11.6 Å². The third kappa shape index (κ3) is 4.39. The number of rotatable bonds is 5. The molecule has 1 aliphatic carbocycles. The number of amides is 1. The summed E-state index contributed by atoms with van der Waals surface area (Å²) in [6, 6.07) is 5.12. The van der Waals surface area contributed by atoms with E-state index in [9.17, 15) is 4.79 Å². The number of nitrogen functional groups attached to an aromatic ring is 1. The standard InChI is InChI=1S/C15H22ClN3O/c1-19(9-11-4-2-3-5-11)10-15(20)18-12-6-7-13(16)14(17)8-12/h6-8,11H,2-5,9-10,17H2,1H3,(H,18,20). The summed E-state index contributed by atoms with van der Waals surface area (Å²) in [7, 11) is 1.99. The minimum Gasteiger partial charge on any atom is -0.397 e. The predicted molar refractivity (Wildman–Crippen MR) is 83.9 cm³/mol. The molecule has 0 bridgehead atoms. The molecule has 0 spiro atoms. The average molecular weight is 296 g/mol. The van der Waals surface area contributed by atoms with Crippen LogP contribution in [-0.4, -0.2) is 30.9 Å². The number of halogens is 1. The minimum absolute atomic E-state index is 0.0211. The molecule has 1 aromatic rings. The van der Waals surface area contributed by atoms with E-state index in [2.05, 4.69) is 10.2 Å². The van der Waals surface area contributed by atoms with Crippen molar-refractivity contribution in [3.05, 3.63) is 23.2 Å². The van der Waals surface area contributed by atoms with Crippen LogP contribution in [0.25, 0.3) is 0 Å².